The quantitative estimate of drug-likeness (QED) is 0.128. The summed E-state index contributed by atoms with van der Waals surface area (Å²) in [5.41, 5.74) is 17.8. The van der Waals surface area contributed by atoms with Crippen molar-refractivity contribution in [2.24, 2.45) is 17.4 Å². The number of nitrogens with one attached hydrogen (secondary N) is 2. The number of aryl methyl sites for hydroxylation is 3. The smallest absolute Gasteiger partial charge is 0.245 e. The summed E-state index contributed by atoms with van der Waals surface area (Å²) < 4.78 is 18.4. The number of nitrogens with zero attached hydrogens (tertiary/aromatic N) is 3. The number of nitrogens with two attached hydrogens (primary N) is 2. The molecule has 0 saturated carbocycles. The molecule has 5 amide bonds. The van der Waals surface area contributed by atoms with Crippen LogP contribution in [0.1, 0.15) is 190 Å². The van der Waals surface area contributed by atoms with Crippen LogP contribution in [0.15, 0.2) is 86.0 Å². The molecule has 3 fully saturated rings. The fourth-order valence-corrected chi connectivity index (χ4v) is 14.5. The van der Waals surface area contributed by atoms with Gasteiger partial charge in [0.1, 0.15) is 63.5 Å². The Kier molecular flexibility index (Phi) is 22.8. The number of benzene rings is 3. The Morgan fingerprint density at radius 2 is 0.769 bits per heavy atom. The number of ketones is 3. The molecule has 0 aliphatic carbocycles. The average Bonchev–Trinajstić information content (AvgIpc) is 1.74. The highest BCUT2D eigenvalue weighted by atomic mass is 16.3. The van der Waals surface area contributed by atoms with E-state index in [-0.39, 0.29) is 70.9 Å². The van der Waals surface area contributed by atoms with E-state index in [1.165, 1.54) is 0 Å². The molecule has 18 heteroatoms. The zero-order valence-corrected chi connectivity index (χ0v) is 53.7. The second-order valence-electron chi connectivity index (χ2n) is 26.6. The van der Waals surface area contributed by atoms with Crippen LogP contribution in [-0.4, -0.2) is 124 Å². The lowest BCUT2D eigenvalue weighted by atomic mass is 9.96. The van der Waals surface area contributed by atoms with Crippen molar-refractivity contribution in [1.82, 2.24) is 25.3 Å². The van der Waals surface area contributed by atoms with Crippen molar-refractivity contribution < 1.29 is 51.6 Å². The molecule has 0 bridgehead atoms. The predicted octanol–water partition coefficient (Wildman–Crippen LogP) is 10.4. The Balaban J connectivity index is 0.000000150. The number of fused-ring (bicyclic) bond motifs is 12. The minimum Gasteiger partial charge on any atom is -0.461 e. The Morgan fingerprint density at radius 3 is 1.13 bits per heavy atom. The number of carbonyl (C=O) groups is 8. The lowest BCUT2D eigenvalue weighted by Gasteiger charge is -2.30. The van der Waals surface area contributed by atoms with Gasteiger partial charge in [0.05, 0.1) is 12.1 Å². The van der Waals surface area contributed by atoms with E-state index in [9.17, 15) is 38.4 Å². The normalized spacial score (nSPS) is 24.1. The summed E-state index contributed by atoms with van der Waals surface area (Å²) in [4.78, 5) is 108. The molecule has 0 unspecified atom stereocenters. The van der Waals surface area contributed by atoms with Crippen LogP contribution in [0.4, 0.5) is 0 Å². The topological polar surface area (TPSA) is 262 Å². The molecular weight excluding hydrogens is 1150 g/mol. The van der Waals surface area contributed by atoms with Gasteiger partial charge in [-0.3, -0.25) is 38.4 Å². The molecule has 18 nitrogen and oxygen atoms in total. The molecule has 12 rings (SSSR count). The van der Waals surface area contributed by atoms with E-state index in [0.29, 0.717) is 103 Å². The van der Waals surface area contributed by atoms with Crippen molar-refractivity contribution in [3.05, 3.63) is 107 Å². The van der Waals surface area contributed by atoms with E-state index in [0.717, 1.165) is 157 Å². The number of amides is 5. The van der Waals surface area contributed by atoms with Gasteiger partial charge in [0, 0.05) is 134 Å². The first-order chi connectivity index (χ1) is 44.0. The molecule has 0 radical (unpaired) electrons. The minimum atomic E-state index is -0.674. The fraction of sp³-hybridized carbons (Fsp3) is 0.562. The molecule has 3 saturated heterocycles. The monoisotopic (exact) mass is 1250 g/mol. The largest absolute Gasteiger partial charge is 0.461 e. The standard InChI is InChI=1S/C26H34N2O4.C25H33N3O4.C22H28N2O3/c1-17(2)25(30)27-22-11-5-3-9-19(29)13-14-24-21(20-10-4-6-12-23(20)32-24)16-18-8-7-15-28(18)26(22)31;1-16(26)24(30)27-21-10-4-2-8-18(29)12-13-23-20(19-9-3-5-11-22(19)32-23)15-17-7-6-14-28(17)25(21)31;23-19-9-3-1-7-16(25)11-12-21-18(17-8-2-4-10-20(17)27-21)14-15-6-5-13-24(15)22(19)26/h4,6,10,12,17-18,22H,3,5,7-9,11,13-16H2,1-2H3,(H,27,30);3,5,9,11,16-17,21H,2,4,6-8,10,12-15,26H2,1H3,(H,27,30);2,4,8,10,15,19H,1,3,5-7,9,11-14,23H2/t18-,22-;16-,17-,21-;15-,19-/m000/s1. The second-order valence-corrected chi connectivity index (χ2v) is 26.6. The van der Waals surface area contributed by atoms with Crippen molar-refractivity contribution in [2.75, 3.05) is 19.6 Å². The van der Waals surface area contributed by atoms with Gasteiger partial charge in [-0.2, -0.15) is 0 Å². The number of rotatable bonds is 4. The number of Topliss-reactive ketones (excluding diaryl/α,β-unsaturated/α-hetero) is 3. The first kappa shape index (κ1) is 66.5. The zero-order chi connectivity index (χ0) is 64.1. The maximum Gasteiger partial charge on any atom is 0.245 e. The van der Waals surface area contributed by atoms with Crippen molar-refractivity contribution in [2.45, 2.75) is 236 Å². The summed E-state index contributed by atoms with van der Waals surface area (Å²) in [7, 11) is 0. The lowest BCUT2D eigenvalue weighted by molar-refractivity contribution is -0.138. The van der Waals surface area contributed by atoms with Crippen LogP contribution in [0, 0.1) is 5.92 Å². The van der Waals surface area contributed by atoms with Gasteiger partial charge >= 0.3 is 0 Å². The Labute approximate surface area is 534 Å². The van der Waals surface area contributed by atoms with Gasteiger partial charge in [-0.05, 0) is 121 Å². The van der Waals surface area contributed by atoms with E-state index in [4.69, 9.17) is 24.7 Å². The average molecular weight is 1250 g/mol. The van der Waals surface area contributed by atoms with Crippen LogP contribution in [0.2, 0.25) is 0 Å². The molecule has 0 spiro atoms. The molecule has 9 heterocycles. The minimum absolute atomic E-state index is 0.0132. The van der Waals surface area contributed by atoms with Crippen LogP contribution >= 0.6 is 0 Å². The van der Waals surface area contributed by atoms with E-state index in [2.05, 4.69) is 28.8 Å². The Hall–Kier alpha value is -7.44. The summed E-state index contributed by atoms with van der Waals surface area (Å²) in [6.45, 7) is 7.50. The maximum atomic E-state index is 13.6. The van der Waals surface area contributed by atoms with Crippen molar-refractivity contribution in [1.29, 1.82) is 0 Å². The van der Waals surface area contributed by atoms with Gasteiger partial charge in [-0.25, -0.2) is 0 Å². The maximum absolute atomic E-state index is 13.6. The summed E-state index contributed by atoms with van der Waals surface area (Å²) in [5.74, 6) is 2.78. The van der Waals surface area contributed by atoms with Gasteiger partial charge in [0.2, 0.25) is 29.5 Å². The number of para-hydroxylation sites is 3. The van der Waals surface area contributed by atoms with Crippen LogP contribution in [0.25, 0.3) is 32.9 Å². The first-order valence-electron chi connectivity index (χ1n) is 34.1. The Morgan fingerprint density at radius 1 is 0.429 bits per heavy atom. The third kappa shape index (κ3) is 16.6. The summed E-state index contributed by atoms with van der Waals surface area (Å²) >= 11 is 0. The molecule has 3 aromatic heterocycles. The molecule has 6 aliphatic rings. The highest BCUT2D eigenvalue weighted by molar-refractivity contribution is 5.91. The van der Waals surface area contributed by atoms with E-state index in [1.54, 1.807) is 6.92 Å². The van der Waals surface area contributed by atoms with Crippen molar-refractivity contribution in [3.8, 4) is 0 Å². The summed E-state index contributed by atoms with van der Waals surface area (Å²) in [6, 6.07) is 22.0. The lowest BCUT2D eigenvalue weighted by Crippen LogP contribution is -2.53. The SMILES string of the molecule is CC(C)C(=O)N[C@H]1CCCCC(=O)CCc2oc3ccccc3c2C[C@@H]2CCCN2C1=O.C[C@H](N)C(=O)N[C@H]1CCCCC(=O)CCc2oc3ccccc3c2C[C@@H]2CCCN2C1=O.N[C@H]1CCCCC(=O)CCc2oc3ccccc3c2C[C@@H]2CCCN2C1=O. The number of carbonyl (C=O) groups excluding carboxylic acids is 8. The molecule has 91 heavy (non-hydrogen) atoms. The van der Waals surface area contributed by atoms with Crippen LogP contribution in [0.3, 0.4) is 0 Å². The summed E-state index contributed by atoms with van der Waals surface area (Å²) in [5, 5.41) is 9.08. The van der Waals surface area contributed by atoms with Crippen molar-refractivity contribution in [3.63, 3.8) is 0 Å². The van der Waals surface area contributed by atoms with Crippen LogP contribution < -0.4 is 22.1 Å². The zero-order valence-electron chi connectivity index (χ0n) is 53.7. The summed E-state index contributed by atoms with van der Waals surface area (Å²) in [6.07, 6.45) is 19.1. The van der Waals surface area contributed by atoms with Gasteiger partial charge < -0.3 is 50.1 Å². The first-order valence-corrected chi connectivity index (χ1v) is 34.1. The molecule has 6 aromatic rings. The molecular formula is C73H95N7O11. The number of hydrogen-bond acceptors (Lipinski definition) is 13. The van der Waals surface area contributed by atoms with E-state index < -0.39 is 24.2 Å². The molecule has 7 atom stereocenters. The fourth-order valence-electron chi connectivity index (χ4n) is 14.5. The van der Waals surface area contributed by atoms with Gasteiger partial charge in [-0.15, -0.1) is 0 Å². The van der Waals surface area contributed by atoms with Gasteiger partial charge in [0.25, 0.3) is 0 Å². The molecule has 6 N–H and O–H groups in total. The highest BCUT2D eigenvalue weighted by Crippen LogP contribution is 2.36. The van der Waals surface area contributed by atoms with Crippen LogP contribution in [0.5, 0.6) is 0 Å². The molecule has 6 aliphatic heterocycles. The molecule has 488 valence electrons. The second kappa shape index (κ2) is 31.3. The highest BCUT2D eigenvalue weighted by Gasteiger charge is 2.38. The number of hydrogen-bond donors (Lipinski definition) is 4. The predicted molar refractivity (Wildman–Crippen MR) is 350 cm³/mol. The van der Waals surface area contributed by atoms with Gasteiger partial charge in [-0.1, -0.05) is 87.7 Å². The van der Waals surface area contributed by atoms with E-state index in [1.807, 2.05) is 83.1 Å². The molecule has 3 aromatic carbocycles. The van der Waals surface area contributed by atoms with Crippen molar-refractivity contribution >= 4 is 79.8 Å². The Bertz CT molecular complexity index is 3400. The van der Waals surface area contributed by atoms with Crippen LogP contribution in [-0.2, 0) is 76.9 Å². The number of furan rings is 3. The van der Waals surface area contributed by atoms with E-state index >= 15 is 0 Å². The third-order valence-corrected chi connectivity index (χ3v) is 19.6. The van der Waals surface area contributed by atoms with Gasteiger partial charge in [0.15, 0.2) is 0 Å². The third-order valence-electron chi connectivity index (χ3n) is 19.6.